The summed E-state index contributed by atoms with van der Waals surface area (Å²) in [6, 6.07) is 10.7. The Morgan fingerprint density at radius 2 is 2.00 bits per heavy atom. The SMILES string of the molecule is N=c1/c(=C/c2ccc(-c3ccccc3Cl)o2)c(=O)nc2s/c(=C/C(=O)N3CCOCC3)[nH]n1-2. The molecule has 33 heavy (non-hydrogen) atoms. The molecule has 2 aromatic rings. The third-order valence-electron chi connectivity index (χ3n) is 5.15. The van der Waals surface area contributed by atoms with E-state index < -0.39 is 5.56 Å². The zero-order valence-electron chi connectivity index (χ0n) is 17.2. The highest BCUT2D eigenvalue weighted by molar-refractivity contribution is 7.11. The van der Waals surface area contributed by atoms with Crippen molar-refractivity contribution in [1.82, 2.24) is 19.7 Å². The number of nitrogens with one attached hydrogen (secondary N) is 2. The van der Waals surface area contributed by atoms with Crippen LogP contribution in [0, 0.1) is 5.41 Å². The average Bonchev–Trinajstić information content (AvgIpc) is 3.44. The van der Waals surface area contributed by atoms with Gasteiger partial charge in [0.15, 0.2) is 5.49 Å². The van der Waals surface area contributed by atoms with E-state index >= 15 is 0 Å². The molecule has 0 atom stereocenters. The Balaban J connectivity index is 1.53. The van der Waals surface area contributed by atoms with Crippen LogP contribution in [0.25, 0.3) is 28.6 Å². The molecule has 1 amide bonds. The van der Waals surface area contributed by atoms with Crippen LogP contribution < -0.4 is 20.9 Å². The van der Waals surface area contributed by atoms with E-state index in [0.29, 0.717) is 52.6 Å². The second-order valence-electron chi connectivity index (χ2n) is 7.28. The average molecular weight is 484 g/mol. The Kier molecular flexibility index (Phi) is 5.71. The van der Waals surface area contributed by atoms with Crippen LogP contribution in [-0.4, -0.2) is 51.9 Å². The highest BCUT2D eigenvalue weighted by Gasteiger charge is 2.16. The van der Waals surface area contributed by atoms with Crippen molar-refractivity contribution in [2.75, 3.05) is 26.3 Å². The number of aromatic nitrogens is 3. The lowest BCUT2D eigenvalue weighted by molar-refractivity contribution is -0.128. The van der Waals surface area contributed by atoms with Gasteiger partial charge in [-0.3, -0.25) is 20.1 Å². The lowest BCUT2D eigenvalue weighted by atomic mass is 10.2. The van der Waals surface area contributed by atoms with E-state index in [2.05, 4.69) is 10.1 Å². The number of carbonyl (C=O) groups is 1. The maximum atomic E-state index is 12.6. The van der Waals surface area contributed by atoms with Crippen molar-refractivity contribution >= 4 is 41.0 Å². The minimum Gasteiger partial charge on any atom is -0.457 e. The molecule has 1 aromatic heterocycles. The fourth-order valence-corrected chi connectivity index (χ4v) is 4.55. The van der Waals surface area contributed by atoms with Crippen molar-refractivity contribution in [2.45, 2.75) is 0 Å². The summed E-state index contributed by atoms with van der Waals surface area (Å²) in [7, 11) is 0. The van der Waals surface area contributed by atoms with E-state index in [0.717, 1.165) is 16.9 Å². The fraction of sp³-hybridized carbons (Fsp3) is 0.182. The maximum absolute atomic E-state index is 12.6. The van der Waals surface area contributed by atoms with Gasteiger partial charge in [0.25, 0.3) is 5.56 Å². The Morgan fingerprint density at radius 3 is 2.79 bits per heavy atom. The molecular formula is C22H18ClN5O4S. The largest absolute Gasteiger partial charge is 0.457 e. The number of amides is 1. The summed E-state index contributed by atoms with van der Waals surface area (Å²) in [6.07, 6.45) is 2.92. The number of hydrogen-bond donors (Lipinski definition) is 2. The third kappa shape index (κ3) is 4.28. The summed E-state index contributed by atoms with van der Waals surface area (Å²) in [5.41, 5.74) is 0.0823. The van der Waals surface area contributed by atoms with Crippen LogP contribution in [0.2, 0.25) is 5.02 Å². The molecule has 9 nitrogen and oxygen atoms in total. The number of furan rings is 1. The molecule has 3 aliphatic rings. The number of fused-ring (bicyclic) bond motifs is 1. The molecule has 5 rings (SSSR count). The minimum atomic E-state index is -0.558. The number of nitrogens with zero attached hydrogens (tertiary/aromatic N) is 3. The van der Waals surface area contributed by atoms with E-state index in [1.807, 2.05) is 18.2 Å². The Labute approximate surface area is 195 Å². The van der Waals surface area contributed by atoms with E-state index in [-0.39, 0.29) is 16.6 Å². The Hall–Kier alpha value is -3.47. The van der Waals surface area contributed by atoms with Crippen LogP contribution in [0.3, 0.4) is 0 Å². The number of morpholine rings is 1. The van der Waals surface area contributed by atoms with Crippen LogP contribution in [0.15, 0.2) is 45.6 Å². The first-order chi connectivity index (χ1) is 16.0. The number of H-pyrrole nitrogens is 1. The first kappa shape index (κ1) is 21.4. The number of benzene rings is 1. The summed E-state index contributed by atoms with van der Waals surface area (Å²) < 4.78 is 13.0. The summed E-state index contributed by atoms with van der Waals surface area (Å²) in [5, 5.41) is 12.4. The van der Waals surface area contributed by atoms with Crippen LogP contribution in [0.4, 0.5) is 0 Å². The normalized spacial score (nSPS) is 15.5. The van der Waals surface area contributed by atoms with Gasteiger partial charge < -0.3 is 14.1 Å². The van der Waals surface area contributed by atoms with Crippen molar-refractivity contribution in [3.8, 4) is 16.5 Å². The summed E-state index contributed by atoms with van der Waals surface area (Å²) in [5.74, 6) is 0.778. The van der Waals surface area contributed by atoms with Gasteiger partial charge in [0.1, 0.15) is 16.2 Å². The molecule has 2 N–H and O–H groups in total. The summed E-state index contributed by atoms with van der Waals surface area (Å²) >= 11 is 7.36. The Morgan fingerprint density at radius 1 is 1.21 bits per heavy atom. The smallest absolute Gasteiger partial charge is 0.283 e. The highest BCUT2D eigenvalue weighted by atomic mass is 35.5. The molecule has 0 radical (unpaired) electrons. The van der Waals surface area contributed by atoms with Gasteiger partial charge in [-0.1, -0.05) is 35.1 Å². The number of rotatable bonds is 3. The molecule has 1 saturated heterocycles. The number of aromatic amines is 1. The van der Waals surface area contributed by atoms with Crippen molar-refractivity contribution in [3.63, 3.8) is 0 Å². The maximum Gasteiger partial charge on any atom is 0.283 e. The monoisotopic (exact) mass is 483 g/mol. The molecule has 0 spiro atoms. The molecule has 0 unspecified atom stereocenters. The number of carbonyl (C=O) groups excluding carboxylic acids is 1. The molecular weight excluding hydrogens is 466 g/mol. The van der Waals surface area contributed by atoms with E-state index in [1.54, 1.807) is 23.1 Å². The first-order valence-electron chi connectivity index (χ1n) is 10.1. The predicted octanol–water partition coefficient (Wildman–Crippen LogP) is 0.921. The van der Waals surface area contributed by atoms with Gasteiger partial charge in [-0.05, 0) is 30.3 Å². The van der Waals surface area contributed by atoms with Crippen LogP contribution >= 0.6 is 22.9 Å². The van der Waals surface area contributed by atoms with Crippen molar-refractivity contribution < 1.29 is 13.9 Å². The quantitative estimate of drug-likeness (QED) is 0.449. The molecule has 4 heterocycles. The van der Waals surface area contributed by atoms with Crippen LogP contribution in [-0.2, 0) is 9.53 Å². The molecule has 0 aliphatic carbocycles. The fourth-order valence-electron chi connectivity index (χ4n) is 3.48. The molecule has 3 aliphatic heterocycles. The highest BCUT2D eigenvalue weighted by Crippen LogP contribution is 2.29. The Bertz CT molecular complexity index is 1540. The minimum absolute atomic E-state index is 0.0627. The summed E-state index contributed by atoms with van der Waals surface area (Å²) in [4.78, 5) is 30.9. The predicted molar refractivity (Wildman–Crippen MR) is 123 cm³/mol. The van der Waals surface area contributed by atoms with E-state index in [9.17, 15) is 9.59 Å². The lowest BCUT2D eigenvalue weighted by Crippen LogP contribution is -2.47. The van der Waals surface area contributed by atoms with Gasteiger partial charge in [0.05, 0.1) is 23.5 Å². The van der Waals surface area contributed by atoms with Crippen LogP contribution in [0.1, 0.15) is 5.76 Å². The first-order valence-corrected chi connectivity index (χ1v) is 11.3. The van der Waals surface area contributed by atoms with Gasteiger partial charge in [-0.25, -0.2) is 4.68 Å². The molecule has 0 bridgehead atoms. The molecule has 0 saturated carbocycles. The molecule has 1 fully saturated rings. The zero-order chi connectivity index (χ0) is 22.9. The van der Waals surface area contributed by atoms with Gasteiger partial charge in [-0.2, -0.15) is 4.98 Å². The van der Waals surface area contributed by atoms with Gasteiger partial charge in [-0.15, -0.1) is 0 Å². The number of halogens is 1. The van der Waals surface area contributed by atoms with Crippen molar-refractivity contribution in [3.05, 3.63) is 72.9 Å². The number of hydrogen-bond acceptors (Lipinski definition) is 7. The standard InChI is InChI=1S/C22H18ClN5O4S/c23-16-4-2-1-3-14(16)17-6-5-13(32-17)11-15-20(24)28-22(25-21(15)30)33-18(26-28)12-19(29)27-7-9-31-10-8-27/h1-6,11-12,24,26H,7-10H2/b15-11-,18-12+,24-20?. The molecule has 11 heteroatoms. The number of ether oxygens (including phenoxy) is 1. The second kappa shape index (κ2) is 8.81. The second-order valence-corrected chi connectivity index (χ2v) is 8.70. The zero-order valence-corrected chi connectivity index (χ0v) is 18.8. The third-order valence-corrected chi connectivity index (χ3v) is 6.37. The summed E-state index contributed by atoms with van der Waals surface area (Å²) in [6.45, 7) is 2.07. The topological polar surface area (TPSA) is 117 Å². The van der Waals surface area contributed by atoms with Gasteiger partial charge in [0, 0.05) is 24.7 Å². The molecule has 168 valence electrons. The van der Waals surface area contributed by atoms with Gasteiger partial charge >= 0.3 is 0 Å². The van der Waals surface area contributed by atoms with Crippen molar-refractivity contribution in [1.29, 1.82) is 5.41 Å². The molecule has 1 aromatic carbocycles. The lowest BCUT2D eigenvalue weighted by Gasteiger charge is -2.25. The van der Waals surface area contributed by atoms with Gasteiger partial charge in [0.2, 0.25) is 11.0 Å². The van der Waals surface area contributed by atoms with E-state index in [4.69, 9.17) is 26.2 Å². The van der Waals surface area contributed by atoms with Crippen molar-refractivity contribution in [2.24, 2.45) is 0 Å². The van der Waals surface area contributed by atoms with E-state index in [1.165, 1.54) is 16.8 Å². The van der Waals surface area contributed by atoms with Crippen LogP contribution in [0.5, 0.6) is 0 Å².